The molecule has 0 aliphatic rings. The van der Waals surface area contributed by atoms with Gasteiger partial charge in [0.25, 0.3) is 0 Å². The molecular formula is C7H9NO4S2. The number of carboxylic acid groups (broad SMARTS) is 1. The van der Waals surface area contributed by atoms with Crippen LogP contribution in [0.4, 0.5) is 0 Å². The van der Waals surface area contributed by atoms with Gasteiger partial charge in [-0.05, 0) is 18.5 Å². The van der Waals surface area contributed by atoms with E-state index in [1.807, 2.05) is 0 Å². The highest BCUT2D eigenvalue weighted by Crippen LogP contribution is 2.21. The average Bonchev–Trinajstić information content (AvgIpc) is 2.52. The fourth-order valence-corrected chi connectivity index (χ4v) is 3.10. The maximum absolute atomic E-state index is 11.4. The lowest BCUT2D eigenvalue weighted by Crippen LogP contribution is -2.19. The average molecular weight is 235 g/mol. The zero-order valence-corrected chi connectivity index (χ0v) is 8.98. The summed E-state index contributed by atoms with van der Waals surface area (Å²) in [7, 11) is -2.24. The van der Waals surface area contributed by atoms with E-state index in [2.05, 4.69) is 4.72 Å². The second-order valence-electron chi connectivity index (χ2n) is 2.49. The van der Waals surface area contributed by atoms with Gasteiger partial charge in [-0.25, -0.2) is 13.1 Å². The Kier molecular flexibility index (Phi) is 3.25. The summed E-state index contributed by atoms with van der Waals surface area (Å²) in [6.07, 6.45) is -0.270. The van der Waals surface area contributed by atoms with E-state index in [4.69, 9.17) is 5.11 Å². The van der Waals surface area contributed by atoms with Gasteiger partial charge in [0.2, 0.25) is 10.0 Å². The van der Waals surface area contributed by atoms with E-state index in [1.165, 1.54) is 13.1 Å². The molecular weight excluding hydrogens is 226 g/mol. The molecule has 0 saturated heterocycles. The van der Waals surface area contributed by atoms with Crippen LogP contribution < -0.4 is 4.72 Å². The molecule has 5 nitrogen and oxygen atoms in total. The minimum absolute atomic E-state index is 0.0485. The highest BCUT2D eigenvalue weighted by atomic mass is 32.2. The van der Waals surface area contributed by atoms with Crippen molar-refractivity contribution in [3.8, 4) is 0 Å². The van der Waals surface area contributed by atoms with Gasteiger partial charge in [-0.3, -0.25) is 4.79 Å². The molecule has 7 heteroatoms. The van der Waals surface area contributed by atoms with Crippen LogP contribution in [0.3, 0.4) is 0 Å². The molecule has 0 aromatic carbocycles. The Labute approximate surface area is 85.4 Å². The Morgan fingerprint density at radius 1 is 1.64 bits per heavy atom. The molecule has 1 rings (SSSR count). The summed E-state index contributed by atoms with van der Waals surface area (Å²) in [5, 5.41) is 10.1. The van der Waals surface area contributed by atoms with Crippen LogP contribution in [0, 0.1) is 0 Å². The van der Waals surface area contributed by atoms with Crippen LogP contribution >= 0.6 is 11.3 Å². The predicted molar refractivity (Wildman–Crippen MR) is 51.9 cm³/mol. The second kappa shape index (κ2) is 4.07. The van der Waals surface area contributed by atoms with Crippen molar-refractivity contribution >= 4 is 27.3 Å². The van der Waals surface area contributed by atoms with Crippen molar-refractivity contribution in [2.45, 2.75) is 11.3 Å². The molecule has 0 radical (unpaired) electrons. The molecule has 2 N–H and O–H groups in total. The Balaban J connectivity index is 3.11. The molecule has 0 saturated carbocycles. The molecule has 0 amide bonds. The van der Waals surface area contributed by atoms with Crippen molar-refractivity contribution in [1.82, 2.24) is 4.72 Å². The zero-order valence-electron chi connectivity index (χ0n) is 7.35. The molecule has 0 unspecified atom stereocenters. The van der Waals surface area contributed by atoms with E-state index in [0.29, 0.717) is 4.88 Å². The highest BCUT2D eigenvalue weighted by molar-refractivity contribution is 7.89. The molecule has 14 heavy (non-hydrogen) atoms. The number of hydrogen-bond acceptors (Lipinski definition) is 4. The van der Waals surface area contributed by atoms with Crippen molar-refractivity contribution in [2.75, 3.05) is 7.05 Å². The number of thiophene rings is 1. The minimum atomic E-state index is -3.53. The van der Waals surface area contributed by atoms with E-state index in [1.54, 1.807) is 5.38 Å². The summed E-state index contributed by atoms with van der Waals surface area (Å²) < 4.78 is 24.9. The molecule has 78 valence electrons. The van der Waals surface area contributed by atoms with Gasteiger partial charge in [0, 0.05) is 4.88 Å². The molecule has 1 aromatic heterocycles. The minimum Gasteiger partial charge on any atom is -0.481 e. The lowest BCUT2D eigenvalue weighted by atomic mass is 10.3. The second-order valence-corrected chi connectivity index (χ2v) is 5.34. The monoisotopic (exact) mass is 235 g/mol. The topological polar surface area (TPSA) is 83.5 Å². The summed E-state index contributed by atoms with van der Waals surface area (Å²) >= 11 is 1.12. The fraction of sp³-hybridized carbons (Fsp3) is 0.286. The van der Waals surface area contributed by atoms with Gasteiger partial charge in [0.1, 0.15) is 0 Å². The number of hydrogen-bond donors (Lipinski definition) is 2. The number of sulfonamides is 1. The Bertz CT molecular complexity index is 434. The number of rotatable bonds is 4. The first-order chi connectivity index (χ1) is 6.47. The Morgan fingerprint density at radius 2 is 2.29 bits per heavy atom. The summed E-state index contributed by atoms with van der Waals surface area (Å²) in [4.78, 5) is 10.8. The molecule has 0 atom stereocenters. The predicted octanol–water partition coefficient (Wildman–Crippen LogP) is 0.283. The van der Waals surface area contributed by atoms with Crippen LogP contribution in [0.15, 0.2) is 16.3 Å². The van der Waals surface area contributed by atoms with Crippen molar-refractivity contribution in [3.05, 3.63) is 16.3 Å². The number of aliphatic carboxylic acids is 1. The molecule has 1 aromatic rings. The lowest BCUT2D eigenvalue weighted by molar-refractivity contribution is -0.136. The van der Waals surface area contributed by atoms with Crippen LogP contribution in [0.2, 0.25) is 0 Å². The smallest absolute Gasteiger partial charge is 0.308 e. The van der Waals surface area contributed by atoms with Gasteiger partial charge in [0.05, 0.1) is 11.3 Å². The van der Waals surface area contributed by atoms with E-state index in [-0.39, 0.29) is 11.3 Å². The molecule has 1 heterocycles. The maximum Gasteiger partial charge on any atom is 0.308 e. The Morgan fingerprint density at radius 3 is 2.79 bits per heavy atom. The van der Waals surface area contributed by atoms with E-state index in [0.717, 1.165) is 11.3 Å². The van der Waals surface area contributed by atoms with Crippen LogP contribution in [-0.2, 0) is 21.2 Å². The van der Waals surface area contributed by atoms with E-state index >= 15 is 0 Å². The number of carbonyl (C=O) groups is 1. The molecule has 0 fully saturated rings. The SMILES string of the molecule is CNS(=O)(=O)c1ccsc1CC(=O)O. The van der Waals surface area contributed by atoms with Crippen molar-refractivity contribution in [1.29, 1.82) is 0 Å². The van der Waals surface area contributed by atoms with Gasteiger partial charge in [0.15, 0.2) is 0 Å². The van der Waals surface area contributed by atoms with Crippen LogP contribution in [-0.4, -0.2) is 26.5 Å². The van der Waals surface area contributed by atoms with Gasteiger partial charge < -0.3 is 5.11 Å². The summed E-state index contributed by atoms with van der Waals surface area (Å²) in [6, 6.07) is 1.40. The van der Waals surface area contributed by atoms with Gasteiger partial charge in [-0.15, -0.1) is 11.3 Å². The number of carboxylic acids is 1. The standard InChI is InChI=1S/C7H9NO4S2/c1-8-14(11,12)6-2-3-13-5(6)4-7(9)10/h2-3,8H,4H2,1H3,(H,9,10). The third-order valence-corrected chi connectivity index (χ3v) is 4.12. The number of nitrogens with one attached hydrogen (secondary N) is 1. The highest BCUT2D eigenvalue weighted by Gasteiger charge is 2.19. The fourth-order valence-electron chi connectivity index (χ4n) is 0.945. The molecule has 0 bridgehead atoms. The lowest BCUT2D eigenvalue weighted by Gasteiger charge is -2.01. The van der Waals surface area contributed by atoms with Crippen molar-refractivity contribution in [3.63, 3.8) is 0 Å². The van der Waals surface area contributed by atoms with Crippen LogP contribution in [0.5, 0.6) is 0 Å². The maximum atomic E-state index is 11.4. The Hall–Kier alpha value is -0.920. The van der Waals surface area contributed by atoms with Gasteiger partial charge in [-0.2, -0.15) is 0 Å². The summed E-state index contributed by atoms with van der Waals surface area (Å²) in [5.41, 5.74) is 0. The van der Waals surface area contributed by atoms with Gasteiger partial charge >= 0.3 is 5.97 Å². The zero-order chi connectivity index (χ0) is 10.8. The largest absolute Gasteiger partial charge is 0.481 e. The first-order valence-electron chi connectivity index (χ1n) is 3.69. The first-order valence-corrected chi connectivity index (χ1v) is 6.05. The first kappa shape index (κ1) is 11.2. The van der Waals surface area contributed by atoms with Crippen molar-refractivity contribution in [2.24, 2.45) is 0 Å². The van der Waals surface area contributed by atoms with E-state index < -0.39 is 16.0 Å². The summed E-state index contributed by atoms with van der Waals surface area (Å²) in [5.74, 6) is -1.04. The van der Waals surface area contributed by atoms with Gasteiger partial charge in [-0.1, -0.05) is 0 Å². The van der Waals surface area contributed by atoms with Crippen LogP contribution in [0.25, 0.3) is 0 Å². The van der Waals surface area contributed by atoms with Crippen LogP contribution in [0.1, 0.15) is 4.88 Å². The normalized spacial score (nSPS) is 11.5. The third-order valence-electron chi connectivity index (χ3n) is 1.57. The van der Waals surface area contributed by atoms with E-state index in [9.17, 15) is 13.2 Å². The third kappa shape index (κ3) is 2.31. The van der Waals surface area contributed by atoms with Crippen molar-refractivity contribution < 1.29 is 18.3 Å². The molecule has 0 aliphatic carbocycles. The molecule has 0 aliphatic heterocycles. The quantitative estimate of drug-likeness (QED) is 0.785. The molecule has 0 spiro atoms. The summed E-state index contributed by atoms with van der Waals surface area (Å²) in [6.45, 7) is 0.